The van der Waals surface area contributed by atoms with E-state index in [4.69, 9.17) is 15.6 Å². The standard InChI is InChI=1S/C11H16N4O4/c12-11(1-2-19-5-11)10(18)15-8(9(16)17)3-7-4-13-6-14-7/h4,6,8H,1-3,5,12H2,(H,13,14)(H,15,18)(H,16,17). The van der Waals surface area contributed by atoms with Gasteiger partial charge in [0.25, 0.3) is 0 Å². The lowest BCUT2D eigenvalue weighted by Crippen LogP contribution is -2.58. The molecule has 1 aromatic heterocycles. The number of nitrogens with two attached hydrogens (primary N) is 1. The van der Waals surface area contributed by atoms with Crippen LogP contribution in [-0.2, 0) is 20.7 Å². The first-order chi connectivity index (χ1) is 9.01. The van der Waals surface area contributed by atoms with E-state index >= 15 is 0 Å². The number of amides is 1. The van der Waals surface area contributed by atoms with Crippen molar-refractivity contribution in [1.29, 1.82) is 0 Å². The molecule has 0 spiro atoms. The summed E-state index contributed by atoms with van der Waals surface area (Å²) < 4.78 is 5.08. The lowest BCUT2D eigenvalue weighted by molar-refractivity contribution is -0.142. The molecule has 2 rings (SSSR count). The highest BCUT2D eigenvalue weighted by molar-refractivity contribution is 5.90. The summed E-state index contributed by atoms with van der Waals surface area (Å²) in [6.45, 7) is 0.511. The molecule has 1 aliphatic heterocycles. The van der Waals surface area contributed by atoms with Gasteiger partial charge in [0, 0.05) is 24.9 Å². The normalized spacial score (nSPS) is 24.1. The summed E-state index contributed by atoms with van der Waals surface area (Å²) in [4.78, 5) is 29.8. The van der Waals surface area contributed by atoms with Crippen molar-refractivity contribution in [3.63, 3.8) is 0 Å². The molecule has 0 bridgehead atoms. The molecule has 2 unspecified atom stereocenters. The third-order valence-electron chi connectivity index (χ3n) is 3.09. The Morgan fingerprint density at radius 2 is 2.47 bits per heavy atom. The van der Waals surface area contributed by atoms with Gasteiger partial charge in [-0.25, -0.2) is 9.78 Å². The first kappa shape index (κ1) is 13.5. The molecular weight excluding hydrogens is 252 g/mol. The fourth-order valence-electron chi connectivity index (χ4n) is 1.88. The van der Waals surface area contributed by atoms with Gasteiger partial charge >= 0.3 is 5.97 Å². The number of hydrogen-bond donors (Lipinski definition) is 4. The summed E-state index contributed by atoms with van der Waals surface area (Å²) >= 11 is 0. The van der Waals surface area contributed by atoms with Crippen molar-refractivity contribution in [2.45, 2.75) is 24.4 Å². The number of aromatic nitrogens is 2. The number of carbonyl (C=O) groups is 2. The van der Waals surface area contributed by atoms with Crippen LogP contribution in [0, 0.1) is 0 Å². The van der Waals surface area contributed by atoms with Gasteiger partial charge in [-0.2, -0.15) is 0 Å². The van der Waals surface area contributed by atoms with E-state index in [9.17, 15) is 9.59 Å². The summed E-state index contributed by atoms with van der Waals surface area (Å²) in [5.41, 5.74) is 5.36. The second kappa shape index (κ2) is 5.37. The Morgan fingerprint density at radius 1 is 1.68 bits per heavy atom. The van der Waals surface area contributed by atoms with Crippen LogP contribution in [0.3, 0.4) is 0 Å². The maximum atomic E-state index is 12.0. The van der Waals surface area contributed by atoms with Gasteiger partial charge in [-0.3, -0.25) is 4.79 Å². The minimum Gasteiger partial charge on any atom is -0.480 e. The van der Waals surface area contributed by atoms with Gasteiger partial charge in [0.05, 0.1) is 12.9 Å². The largest absolute Gasteiger partial charge is 0.480 e. The van der Waals surface area contributed by atoms with Crippen molar-refractivity contribution in [3.05, 3.63) is 18.2 Å². The number of hydrogen-bond acceptors (Lipinski definition) is 5. The van der Waals surface area contributed by atoms with Crippen molar-refractivity contribution in [1.82, 2.24) is 15.3 Å². The minimum absolute atomic E-state index is 0.106. The molecule has 2 atom stereocenters. The van der Waals surface area contributed by atoms with E-state index in [0.29, 0.717) is 18.7 Å². The Labute approximate surface area is 109 Å². The van der Waals surface area contributed by atoms with Gasteiger partial charge in [0.15, 0.2) is 0 Å². The molecular formula is C11H16N4O4. The SMILES string of the molecule is NC1(C(=O)NC(Cc2cnc[nH]2)C(=O)O)CCOC1. The van der Waals surface area contributed by atoms with Crippen LogP contribution in [0.2, 0.25) is 0 Å². The van der Waals surface area contributed by atoms with Crippen molar-refractivity contribution in [2.75, 3.05) is 13.2 Å². The Hall–Kier alpha value is -1.93. The molecule has 1 aromatic rings. The highest BCUT2D eigenvalue weighted by Crippen LogP contribution is 2.16. The zero-order valence-corrected chi connectivity index (χ0v) is 10.3. The third kappa shape index (κ3) is 3.09. The number of carboxylic acid groups (broad SMARTS) is 1. The number of imidazole rings is 1. The second-order valence-electron chi connectivity index (χ2n) is 4.60. The van der Waals surface area contributed by atoms with E-state index in [0.717, 1.165) is 0 Å². The van der Waals surface area contributed by atoms with E-state index in [2.05, 4.69) is 15.3 Å². The number of aliphatic carboxylic acids is 1. The predicted molar refractivity (Wildman–Crippen MR) is 64.2 cm³/mol. The molecule has 2 heterocycles. The number of nitrogens with zero attached hydrogens (tertiary/aromatic N) is 1. The summed E-state index contributed by atoms with van der Waals surface area (Å²) in [7, 11) is 0. The van der Waals surface area contributed by atoms with Crippen LogP contribution >= 0.6 is 0 Å². The second-order valence-corrected chi connectivity index (χ2v) is 4.60. The molecule has 8 heteroatoms. The average Bonchev–Trinajstić information content (AvgIpc) is 3.00. The van der Waals surface area contributed by atoms with Crippen LogP contribution in [0.4, 0.5) is 0 Å². The fraction of sp³-hybridized carbons (Fsp3) is 0.545. The topological polar surface area (TPSA) is 130 Å². The number of rotatable bonds is 5. The monoisotopic (exact) mass is 268 g/mol. The highest BCUT2D eigenvalue weighted by atomic mass is 16.5. The van der Waals surface area contributed by atoms with Gasteiger partial charge in [-0.05, 0) is 6.42 Å². The maximum Gasteiger partial charge on any atom is 0.326 e. The number of aromatic amines is 1. The maximum absolute atomic E-state index is 12.0. The van der Waals surface area contributed by atoms with Crippen LogP contribution in [0.5, 0.6) is 0 Å². The molecule has 1 saturated heterocycles. The first-order valence-corrected chi connectivity index (χ1v) is 5.89. The number of H-pyrrole nitrogens is 1. The van der Waals surface area contributed by atoms with E-state index in [1.54, 1.807) is 0 Å². The minimum atomic E-state index is -1.14. The van der Waals surface area contributed by atoms with Crippen LogP contribution in [0.1, 0.15) is 12.1 Å². The van der Waals surface area contributed by atoms with E-state index in [1.807, 2.05) is 0 Å². The fourth-order valence-corrected chi connectivity index (χ4v) is 1.88. The number of ether oxygens (including phenoxy) is 1. The van der Waals surface area contributed by atoms with Gasteiger partial charge in [-0.1, -0.05) is 0 Å². The molecule has 1 fully saturated rings. The van der Waals surface area contributed by atoms with Crippen LogP contribution in [0.25, 0.3) is 0 Å². The molecule has 5 N–H and O–H groups in total. The molecule has 0 aliphatic carbocycles. The zero-order valence-electron chi connectivity index (χ0n) is 10.3. The average molecular weight is 268 g/mol. The summed E-state index contributed by atoms with van der Waals surface area (Å²) in [6.07, 6.45) is 3.47. The van der Waals surface area contributed by atoms with Crippen LogP contribution in [0.15, 0.2) is 12.5 Å². The number of nitrogens with one attached hydrogen (secondary N) is 2. The number of carboxylic acids is 1. The molecule has 0 radical (unpaired) electrons. The van der Waals surface area contributed by atoms with Crippen molar-refractivity contribution < 1.29 is 19.4 Å². The molecule has 1 amide bonds. The molecule has 8 nitrogen and oxygen atoms in total. The molecule has 1 aliphatic rings. The van der Waals surface area contributed by atoms with Gasteiger partial charge < -0.3 is 25.9 Å². The lowest BCUT2D eigenvalue weighted by Gasteiger charge is -2.23. The summed E-state index contributed by atoms with van der Waals surface area (Å²) in [5.74, 6) is -1.62. The van der Waals surface area contributed by atoms with Gasteiger partial charge in [-0.15, -0.1) is 0 Å². The Balaban J connectivity index is 2.00. The highest BCUT2D eigenvalue weighted by Gasteiger charge is 2.40. The smallest absolute Gasteiger partial charge is 0.326 e. The van der Waals surface area contributed by atoms with Crippen LogP contribution in [-0.4, -0.2) is 51.7 Å². The van der Waals surface area contributed by atoms with E-state index in [-0.39, 0.29) is 13.0 Å². The van der Waals surface area contributed by atoms with Crippen molar-refractivity contribution in [3.8, 4) is 0 Å². The summed E-state index contributed by atoms with van der Waals surface area (Å²) in [6, 6.07) is -1.05. The quantitative estimate of drug-likeness (QED) is 0.521. The van der Waals surface area contributed by atoms with Crippen molar-refractivity contribution in [2.24, 2.45) is 5.73 Å². The van der Waals surface area contributed by atoms with Crippen LogP contribution < -0.4 is 11.1 Å². The predicted octanol–water partition coefficient (Wildman–Crippen LogP) is -1.36. The molecule has 104 valence electrons. The molecule has 0 saturated carbocycles. The Bertz CT molecular complexity index is 453. The van der Waals surface area contributed by atoms with Gasteiger partial charge in [0.1, 0.15) is 11.6 Å². The van der Waals surface area contributed by atoms with Gasteiger partial charge in [0.2, 0.25) is 5.91 Å². The molecule has 0 aromatic carbocycles. The third-order valence-corrected chi connectivity index (χ3v) is 3.09. The van der Waals surface area contributed by atoms with Crippen molar-refractivity contribution >= 4 is 11.9 Å². The number of carbonyl (C=O) groups excluding carboxylic acids is 1. The van der Waals surface area contributed by atoms with E-state index in [1.165, 1.54) is 12.5 Å². The molecule has 19 heavy (non-hydrogen) atoms. The first-order valence-electron chi connectivity index (χ1n) is 5.89. The lowest BCUT2D eigenvalue weighted by atomic mass is 9.98. The zero-order chi connectivity index (χ0) is 13.9. The Morgan fingerprint density at radius 3 is 3.00 bits per heavy atom. The Kier molecular flexibility index (Phi) is 3.82. The summed E-state index contributed by atoms with van der Waals surface area (Å²) in [5, 5.41) is 11.6. The van der Waals surface area contributed by atoms with E-state index < -0.39 is 23.5 Å².